The summed E-state index contributed by atoms with van der Waals surface area (Å²) in [5.41, 5.74) is 6.46. The lowest BCUT2D eigenvalue weighted by Gasteiger charge is -2.33. The summed E-state index contributed by atoms with van der Waals surface area (Å²) in [7, 11) is 0. The highest BCUT2D eigenvalue weighted by molar-refractivity contribution is 5.79. The predicted molar refractivity (Wildman–Crippen MR) is 111 cm³/mol. The largest absolute Gasteiger partial charge is 0.416 e. The third kappa shape index (κ3) is 3.92. The van der Waals surface area contributed by atoms with Crippen molar-refractivity contribution in [2.75, 3.05) is 18.0 Å². The first-order valence-corrected chi connectivity index (χ1v) is 9.91. The molecular weight excluding hydrogens is 393 g/mol. The van der Waals surface area contributed by atoms with Crippen LogP contribution < -0.4 is 16.2 Å². The number of aromatic nitrogens is 2. The molecule has 158 valence electrons. The molecule has 4 rings (SSSR count). The molecule has 0 unspecified atom stereocenters. The molecule has 0 spiro atoms. The molecule has 2 aromatic carbocycles. The summed E-state index contributed by atoms with van der Waals surface area (Å²) in [5, 5.41) is 0.393. The average Bonchev–Trinajstić information content (AvgIpc) is 2.70. The average molecular weight is 416 g/mol. The van der Waals surface area contributed by atoms with Gasteiger partial charge in [-0.1, -0.05) is 29.8 Å². The van der Waals surface area contributed by atoms with Gasteiger partial charge in [-0.3, -0.25) is 9.36 Å². The van der Waals surface area contributed by atoms with Crippen LogP contribution >= 0.6 is 0 Å². The van der Waals surface area contributed by atoms with Crippen LogP contribution in [0, 0.1) is 6.92 Å². The fourth-order valence-electron chi connectivity index (χ4n) is 4.00. The van der Waals surface area contributed by atoms with Crippen LogP contribution in [-0.4, -0.2) is 28.7 Å². The lowest BCUT2D eigenvalue weighted by atomic mass is 10.1. The van der Waals surface area contributed by atoms with Crippen LogP contribution in [0.4, 0.5) is 19.1 Å². The van der Waals surface area contributed by atoms with Crippen molar-refractivity contribution in [1.82, 2.24) is 9.55 Å². The molecule has 0 saturated carbocycles. The molecule has 0 radical (unpaired) electrons. The second-order valence-electron chi connectivity index (χ2n) is 7.83. The number of nitrogens with zero attached hydrogens (tertiary/aromatic N) is 3. The Bertz CT molecular complexity index is 1140. The van der Waals surface area contributed by atoms with E-state index < -0.39 is 11.7 Å². The number of anilines is 1. The van der Waals surface area contributed by atoms with Crippen molar-refractivity contribution in [2.45, 2.75) is 38.5 Å². The molecule has 8 heteroatoms. The fraction of sp³-hybridized carbons (Fsp3) is 0.364. The first kappa shape index (κ1) is 20.4. The summed E-state index contributed by atoms with van der Waals surface area (Å²) < 4.78 is 42.0. The second-order valence-corrected chi connectivity index (χ2v) is 7.83. The maximum atomic E-state index is 13.5. The molecule has 2 heterocycles. The van der Waals surface area contributed by atoms with E-state index in [1.54, 1.807) is 18.2 Å². The third-order valence-corrected chi connectivity index (χ3v) is 5.48. The van der Waals surface area contributed by atoms with Crippen LogP contribution in [0.15, 0.2) is 47.3 Å². The topological polar surface area (TPSA) is 64.2 Å². The first-order valence-electron chi connectivity index (χ1n) is 9.91. The molecule has 5 nitrogen and oxygen atoms in total. The van der Waals surface area contributed by atoms with E-state index in [0.29, 0.717) is 29.9 Å². The standard InChI is InChI=1S/C22H23F3N4O/c1-14-8-9-19-17(11-14)20(30)29(21(27-19)28-10-4-6-16(26)13-28)12-15-5-2-3-7-18(15)22(23,24)25/h2-3,5,7-9,11,16H,4,6,10,12-13,26H2,1H3/t16-/m1/s1. The first-order chi connectivity index (χ1) is 14.2. The number of piperidine rings is 1. The molecule has 30 heavy (non-hydrogen) atoms. The molecule has 2 N–H and O–H groups in total. The van der Waals surface area contributed by atoms with Crippen LogP contribution in [0.3, 0.4) is 0 Å². The molecule has 1 aliphatic rings. The molecule has 3 aromatic rings. The van der Waals surface area contributed by atoms with Crippen molar-refractivity contribution in [1.29, 1.82) is 0 Å². The molecule has 0 amide bonds. The number of alkyl halides is 3. The lowest BCUT2D eigenvalue weighted by molar-refractivity contribution is -0.138. The van der Waals surface area contributed by atoms with Crippen LogP contribution in [0.2, 0.25) is 0 Å². The minimum absolute atomic E-state index is 0.0310. The van der Waals surface area contributed by atoms with E-state index in [1.807, 2.05) is 17.9 Å². The van der Waals surface area contributed by atoms with Gasteiger partial charge in [-0.05, 0) is 43.5 Å². The van der Waals surface area contributed by atoms with E-state index in [4.69, 9.17) is 5.73 Å². The fourth-order valence-corrected chi connectivity index (χ4v) is 4.00. The quantitative estimate of drug-likeness (QED) is 0.707. The SMILES string of the molecule is Cc1ccc2nc(N3CCC[C@@H](N)C3)n(Cc3ccccc3C(F)(F)F)c(=O)c2c1. The Kier molecular flexibility index (Phi) is 5.27. The van der Waals surface area contributed by atoms with Gasteiger partial charge in [0.1, 0.15) is 0 Å². The molecule has 1 fully saturated rings. The van der Waals surface area contributed by atoms with Gasteiger partial charge < -0.3 is 10.6 Å². The molecule has 1 atom stereocenters. The summed E-state index contributed by atoms with van der Waals surface area (Å²) >= 11 is 0. The zero-order chi connectivity index (χ0) is 21.5. The van der Waals surface area contributed by atoms with E-state index in [-0.39, 0.29) is 23.7 Å². The summed E-state index contributed by atoms with van der Waals surface area (Å²) in [6.45, 7) is 2.80. The third-order valence-electron chi connectivity index (χ3n) is 5.48. The molecule has 1 saturated heterocycles. The Morgan fingerprint density at radius 1 is 1.20 bits per heavy atom. The Morgan fingerprint density at radius 2 is 1.97 bits per heavy atom. The maximum absolute atomic E-state index is 13.5. The van der Waals surface area contributed by atoms with Gasteiger partial charge in [0.15, 0.2) is 0 Å². The summed E-state index contributed by atoms with van der Waals surface area (Å²) in [5.74, 6) is 0.364. The van der Waals surface area contributed by atoms with Gasteiger partial charge >= 0.3 is 6.18 Å². The highest BCUT2D eigenvalue weighted by atomic mass is 19.4. The number of fused-ring (bicyclic) bond motifs is 1. The van der Waals surface area contributed by atoms with Gasteiger partial charge in [-0.2, -0.15) is 13.2 Å². The number of nitrogens with two attached hydrogens (primary N) is 1. The van der Waals surface area contributed by atoms with Crippen molar-refractivity contribution in [3.8, 4) is 0 Å². The van der Waals surface area contributed by atoms with Crippen molar-refractivity contribution in [2.24, 2.45) is 5.73 Å². The summed E-state index contributed by atoms with van der Waals surface area (Å²) in [4.78, 5) is 20.0. The van der Waals surface area contributed by atoms with Crippen LogP contribution in [0.1, 0.15) is 29.5 Å². The van der Waals surface area contributed by atoms with Crippen LogP contribution in [0.25, 0.3) is 10.9 Å². The number of hydrogen-bond acceptors (Lipinski definition) is 4. The van der Waals surface area contributed by atoms with Gasteiger partial charge in [-0.25, -0.2) is 4.98 Å². The number of aryl methyl sites for hydroxylation is 1. The van der Waals surface area contributed by atoms with Crippen LogP contribution in [0.5, 0.6) is 0 Å². The Labute approximate surface area is 171 Å². The maximum Gasteiger partial charge on any atom is 0.416 e. The van der Waals surface area contributed by atoms with Gasteiger partial charge in [-0.15, -0.1) is 0 Å². The Morgan fingerprint density at radius 3 is 2.70 bits per heavy atom. The molecular formula is C22H23F3N4O. The predicted octanol–water partition coefficient (Wildman–Crippen LogP) is 3.70. The number of benzene rings is 2. The minimum atomic E-state index is -4.51. The molecule has 0 bridgehead atoms. The number of rotatable bonds is 3. The molecule has 0 aliphatic carbocycles. The Hall–Kier alpha value is -2.87. The highest BCUT2D eigenvalue weighted by Gasteiger charge is 2.33. The van der Waals surface area contributed by atoms with Crippen molar-refractivity contribution in [3.63, 3.8) is 0 Å². The number of halogens is 3. The lowest BCUT2D eigenvalue weighted by Crippen LogP contribution is -2.45. The van der Waals surface area contributed by atoms with Crippen molar-refractivity contribution in [3.05, 3.63) is 69.5 Å². The second kappa shape index (κ2) is 7.75. The van der Waals surface area contributed by atoms with Gasteiger partial charge in [0.2, 0.25) is 5.95 Å². The zero-order valence-corrected chi connectivity index (χ0v) is 16.6. The van der Waals surface area contributed by atoms with Gasteiger partial charge in [0.05, 0.1) is 23.0 Å². The number of hydrogen-bond donors (Lipinski definition) is 1. The minimum Gasteiger partial charge on any atom is -0.341 e. The van der Waals surface area contributed by atoms with E-state index in [1.165, 1.54) is 16.7 Å². The molecule has 1 aliphatic heterocycles. The van der Waals surface area contributed by atoms with Crippen LogP contribution in [-0.2, 0) is 12.7 Å². The monoisotopic (exact) mass is 416 g/mol. The van der Waals surface area contributed by atoms with Gasteiger partial charge in [0.25, 0.3) is 5.56 Å². The van der Waals surface area contributed by atoms with Gasteiger partial charge in [0, 0.05) is 19.1 Å². The summed E-state index contributed by atoms with van der Waals surface area (Å²) in [6, 6.07) is 10.6. The Balaban J connectivity index is 1.90. The van der Waals surface area contributed by atoms with Crippen molar-refractivity contribution >= 4 is 16.9 Å². The normalized spacial score (nSPS) is 17.5. The highest BCUT2D eigenvalue weighted by Crippen LogP contribution is 2.32. The summed E-state index contributed by atoms with van der Waals surface area (Å²) in [6.07, 6.45) is -2.80. The molecule has 1 aromatic heterocycles. The van der Waals surface area contributed by atoms with E-state index in [0.717, 1.165) is 24.5 Å². The zero-order valence-electron chi connectivity index (χ0n) is 16.6. The van der Waals surface area contributed by atoms with E-state index >= 15 is 0 Å². The van der Waals surface area contributed by atoms with E-state index in [9.17, 15) is 18.0 Å². The van der Waals surface area contributed by atoms with E-state index in [2.05, 4.69) is 4.98 Å². The smallest absolute Gasteiger partial charge is 0.341 e. The van der Waals surface area contributed by atoms with Crippen molar-refractivity contribution < 1.29 is 13.2 Å².